The van der Waals surface area contributed by atoms with E-state index in [2.05, 4.69) is 46.0 Å². The molecule has 1 fully saturated rings. The van der Waals surface area contributed by atoms with Gasteiger partial charge in [-0.3, -0.25) is 4.90 Å². The van der Waals surface area contributed by atoms with Crippen LogP contribution < -0.4 is 0 Å². The summed E-state index contributed by atoms with van der Waals surface area (Å²) in [6, 6.07) is 19.9. The van der Waals surface area contributed by atoms with Crippen LogP contribution in [0.1, 0.15) is 50.8 Å². The molecule has 0 aromatic heterocycles. The summed E-state index contributed by atoms with van der Waals surface area (Å²) in [5, 5.41) is 0.115. The number of nitrogens with zero attached hydrogens (tertiary/aromatic N) is 1. The Labute approximate surface area is 182 Å². The first-order valence-electron chi connectivity index (χ1n) is 10.9. The van der Waals surface area contributed by atoms with Crippen molar-refractivity contribution in [3.8, 4) is 0 Å². The Morgan fingerprint density at radius 3 is 2.23 bits per heavy atom. The Balaban J connectivity index is 1.83. The number of hydrogen-bond donors (Lipinski definition) is 0. The molecule has 0 radical (unpaired) electrons. The third kappa shape index (κ3) is 5.32. The molecule has 5 heteroatoms. The molecule has 2 aromatic rings. The molecule has 1 aliphatic heterocycles. The van der Waals surface area contributed by atoms with Gasteiger partial charge in [-0.25, -0.2) is 4.79 Å². The van der Waals surface area contributed by atoms with Gasteiger partial charge in [-0.2, -0.15) is 0 Å². The van der Waals surface area contributed by atoms with Gasteiger partial charge in [-0.1, -0.05) is 81.4 Å². The van der Waals surface area contributed by atoms with Crippen LogP contribution in [-0.4, -0.2) is 32.0 Å². The second kappa shape index (κ2) is 9.35. The van der Waals surface area contributed by atoms with Crippen LogP contribution in [0.5, 0.6) is 0 Å². The molecule has 0 spiro atoms. The summed E-state index contributed by atoms with van der Waals surface area (Å²) < 4.78 is 12.6. The van der Waals surface area contributed by atoms with Gasteiger partial charge in [-0.05, 0) is 42.1 Å². The summed E-state index contributed by atoms with van der Waals surface area (Å²) in [6.45, 7) is 12.3. The van der Waals surface area contributed by atoms with E-state index < -0.39 is 8.32 Å². The van der Waals surface area contributed by atoms with E-state index in [-0.39, 0.29) is 29.9 Å². The van der Waals surface area contributed by atoms with Crippen LogP contribution in [-0.2, 0) is 15.8 Å². The first-order chi connectivity index (χ1) is 14.2. The number of ether oxygens (including phenoxy) is 1. The van der Waals surface area contributed by atoms with Gasteiger partial charge < -0.3 is 9.16 Å². The van der Waals surface area contributed by atoms with Crippen molar-refractivity contribution >= 4 is 14.4 Å². The fourth-order valence-corrected chi connectivity index (χ4v) is 5.05. The molecule has 2 aromatic carbocycles. The largest absolute Gasteiger partial charge is 0.445 e. The number of amides is 1. The third-order valence-electron chi connectivity index (χ3n) is 6.41. The van der Waals surface area contributed by atoms with Crippen LogP contribution in [0.4, 0.5) is 4.79 Å². The van der Waals surface area contributed by atoms with Gasteiger partial charge in [0, 0.05) is 6.54 Å². The highest BCUT2D eigenvalue weighted by atomic mass is 28.4. The minimum Gasteiger partial charge on any atom is -0.445 e. The Kier molecular flexibility index (Phi) is 7.04. The topological polar surface area (TPSA) is 38.8 Å². The monoisotopic (exact) mass is 425 g/mol. The second-order valence-corrected chi connectivity index (χ2v) is 14.4. The molecule has 0 N–H and O–H groups in total. The maximum Gasteiger partial charge on any atom is 0.410 e. The fourth-order valence-electron chi connectivity index (χ4n) is 3.69. The van der Waals surface area contributed by atoms with Crippen LogP contribution in [0.2, 0.25) is 18.1 Å². The molecule has 1 amide bonds. The molecular formula is C25H35NO3Si. The number of piperidine rings is 1. The number of likely N-dealkylation sites (tertiary alicyclic amines) is 1. The van der Waals surface area contributed by atoms with E-state index in [9.17, 15) is 4.79 Å². The molecule has 0 aliphatic carbocycles. The van der Waals surface area contributed by atoms with E-state index in [0.29, 0.717) is 6.54 Å². The minimum absolute atomic E-state index is 0.0219. The summed E-state index contributed by atoms with van der Waals surface area (Å²) in [5.74, 6) is 0. The van der Waals surface area contributed by atoms with E-state index in [1.807, 2.05) is 53.4 Å². The highest BCUT2D eigenvalue weighted by molar-refractivity contribution is 6.74. The molecule has 4 nitrogen and oxygen atoms in total. The Morgan fingerprint density at radius 1 is 1.03 bits per heavy atom. The minimum atomic E-state index is -1.98. The van der Waals surface area contributed by atoms with E-state index in [1.165, 1.54) is 0 Å². The lowest BCUT2D eigenvalue weighted by Gasteiger charge is -2.46. The molecule has 3 rings (SSSR count). The summed E-state index contributed by atoms with van der Waals surface area (Å²) in [7, 11) is -1.98. The van der Waals surface area contributed by atoms with Crippen molar-refractivity contribution in [2.45, 2.75) is 70.5 Å². The SMILES string of the molecule is CC(C)(C)[Si](C)(C)O[C@@H]1CCCN(C(=O)OCc2ccccc2)[C@@H]1c1ccccc1. The first kappa shape index (κ1) is 22.6. The number of benzene rings is 2. The van der Waals surface area contributed by atoms with Gasteiger partial charge in [0.1, 0.15) is 6.61 Å². The van der Waals surface area contributed by atoms with Gasteiger partial charge in [0.15, 0.2) is 8.32 Å². The molecule has 162 valence electrons. The van der Waals surface area contributed by atoms with E-state index >= 15 is 0 Å². The summed E-state index contributed by atoms with van der Waals surface area (Å²) in [6.07, 6.45) is 1.58. The van der Waals surface area contributed by atoms with E-state index in [1.54, 1.807) is 0 Å². The molecule has 0 bridgehead atoms. The summed E-state index contributed by atoms with van der Waals surface area (Å²) in [5.41, 5.74) is 2.10. The Bertz CT molecular complexity index is 817. The first-order valence-corrected chi connectivity index (χ1v) is 13.8. The van der Waals surface area contributed by atoms with Crippen molar-refractivity contribution in [1.82, 2.24) is 4.90 Å². The highest BCUT2D eigenvalue weighted by Gasteiger charge is 2.44. The van der Waals surface area contributed by atoms with Crippen molar-refractivity contribution in [1.29, 1.82) is 0 Å². The van der Waals surface area contributed by atoms with Crippen LogP contribution >= 0.6 is 0 Å². The molecule has 1 aliphatic rings. The average molecular weight is 426 g/mol. The van der Waals surface area contributed by atoms with Gasteiger partial charge in [0.25, 0.3) is 0 Å². The molecule has 1 heterocycles. The van der Waals surface area contributed by atoms with Crippen molar-refractivity contribution in [2.24, 2.45) is 0 Å². The maximum atomic E-state index is 13.1. The second-order valence-electron chi connectivity index (χ2n) is 9.65. The van der Waals surface area contributed by atoms with Crippen LogP contribution in [0, 0.1) is 0 Å². The molecule has 2 atom stereocenters. The van der Waals surface area contributed by atoms with Gasteiger partial charge in [0.05, 0.1) is 12.1 Å². The van der Waals surface area contributed by atoms with Gasteiger partial charge in [-0.15, -0.1) is 0 Å². The number of carbonyl (C=O) groups excluding carboxylic acids is 1. The van der Waals surface area contributed by atoms with Crippen LogP contribution in [0.25, 0.3) is 0 Å². The van der Waals surface area contributed by atoms with Gasteiger partial charge >= 0.3 is 6.09 Å². The highest BCUT2D eigenvalue weighted by Crippen LogP contribution is 2.42. The summed E-state index contributed by atoms with van der Waals surface area (Å²) in [4.78, 5) is 15.0. The quantitative estimate of drug-likeness (QED) is 0.510. The average Bonchev–Trinajstić information content (AvgIpc) is 2.72. The predicted molar refractivity (Wildman–Crippen MR) is 124 cm³/mol. The van der Waals surface area contributed by atoms with Crippen molar-refractivity contribution in [3.63, 3.8) is 0 Å². The van der Waals surface area contributed by atoms with E-state index in [0.717, 1.165) is 24.0 Å². The smallest absolute Gasteiger partial charge is 0.410 e. The zero-order chi connectivity index (χ0) is 21.8. The van der Waals surface area contributed by atoms with Crippen LogP contribution in [0.15, 0.2) is 60.7 Å². The molecule has 1 saturated heterocycles. The maximum absolute atomic E-state index is 13.1. The number of carbonyl (C=O) groups is 1. The normalized spacial score (nSPS) is 20.1. The third-order valence-corrected chi connectivity index (χ3v) is 10.9. The van der Waals surface area contributed by atoms with E-state index in [4.69, 9.17) is 9.16 Å². The molecule has 0 unspecified atom stereocenters. The molecular weight excluding hydrogens is 390 g/mol. The van der Waals surface area contributed by atoms with Crippen LogP contribution in [0.3, 0.4) is 0 Å². The lowest BCUT2D eigenvalue weighted by Crippen LogP contribution is -2.52. The standard InChI is InChI=1S/C25H35NO3Si/c1-25(2,3)30(4,5)29-22-17-12-18-26(23(22)21-15-10-7-11-16-21)24(27)28-19-20-13-8-6-9-14-20/h6-11,13-16,22-23H,12,17-19H2,1-5H3/t22-,23-/m1/s1. The zero-order valence-corrected chi connectivity index (χ0v) is 19.9. The van der Waals surface area contributed by atoms with Crippen molar-refractivity contribution < 1.29 is 14.0 Å². The molecule has 30 heavy (non-hydrogen) atoms. The lowest BCUT2D eigenvalue weighted by atomic mass is 9.93. The number of rotatable bonds is 5. The lowest BCUT2D eigenvalue weighted by molar-refractivity contribution is 0.00803. The van der Waals surface area contributed by atoms with Gasteiger partial charge in [0.2, 0.25) is 0 Å². The predicted octanol–water partition coefficient (Wildman–Crippen LogP) is 6.55. The Morgan fingerprint density at radius 2 is 1.63 bits per heavy atom. The summed E-state index contributed by atoms with van der Waals surface area (Å²) >= 11 is 0. The number of hydrogen-bond acceptors (Lipinski definition) is 3. The molecule has 0 saturated carbocycles. The van der Waals surface area contributed by atoms with Crippen molar-refractivity contribution in [3.05, 3.63) is 71.8 Å². The fraction of sp³-hybridized carbons (Fsp3) is 0.480. The van der Waals surface area contributed by atoms with Crippen molar-refractivity contribution in [2.75, 3.05) is 6.54 Å². The zero-order valence-electron chi connectivity index (χ0n) is 18.9. The Hall–Kier alpha value is -2.11.